The number of carbonyl (C=O) groups is 1. The molecule has 0 aromatic carbocycles. The number of amides is 1. The lowest BCUT2D eigenvalue weighted by molar-refractivity contribution is -0.116. The van der Waals surface area contributed by atoms with Crippen LogP contribution in [0.5, 0.6) is 0 Å². The summed E-state index contributed by atoms with van der Waals surface area (Å²) in [5.41, 5.74) is 0. The summed E-state index contributed by atoms with van der Waals surface area (Å²) in [6.45, 7) is 1.95. The highest BCUT2D eigenvalue weighted by Gasteiger charge is 2.21. The monoisotopic (exact) mass is 387 g/mol. The fourth-order valence-electron chi connectivity index (χ4n) is 3.04. The first-order chi connectivity index (χ1) is 13.2. The van der Waals surface area contributed by atoms with E-state index in [1.165, 1.54) is 0 Å². The molecule has 4 heterocycles. The topological polar surface area (TPSA) is 111 Å². The van der Waals surface area contributed by atoms with E-state index in [9.17, 15) is 4.79 Å². The molecule has 0 saturated carbocycles. The van der Waals surface area contributed by atoms with Gasteiger partial charge < -0.3 is 9.84 Å². The molecule has 1 saturated heterocycles. The van der Waals surface area contributed by atoms with E-state index in [-0.39, 0.29) is 12.3 Å². The molecule has 0 radical (unpaired) electrons. The third-order valence-corrected chi connectivity index (χ3v) is 5.38. The summed E-state index contributed by atoms with van der Waals surface area (Å²) >= 11 is 1.54. The molecule has 4 rings (SSSR count). The summed E-state index contributed by atoms with van der Waals surface area (Å²) in [5.74, 6) is 2.46. The molecule has 0 spiro atoms. The van der Waals surface area contributed by atoms with Crippen molar-refractivity contribution in [2.45, 2.75) is 31.6 Å². The summed E-state index contributed by atoms with van der Waals surface area (Å²) in [4.78, 5) is 22.0. The average molecular weight is 387 g/mol. The molecule has 10 heteroatoms. The van der Waals surface area contributed by atoms with Crippen molar-refractivity contribution in [1.29, 1.82) is 0 Å². The zero-order chi connectivity index (χ0) is 18.6. The van der Waals surface area contributed by atoms with Gasteiger partial charge >= 0.3 is 0 Å². The Kier molecular flexibility index (Phi) is 5.26. The zero-order valence-corrected chi connectivity index (χ0v) is 15.8. The van der Waals surface area contributed by atoms with Crippen LogP contribution in [0.4, 0.5) is 5.95 Å². The predicted octanol–water partition coefficient (Wildman–Crippen LogP) is 1.96. The Labute approximate surface area is 160 Å². The van der Waals surface area contributed by atoms with Gasteiger partial charge in [0.05, 0.1) is 4.88 Å². The van der Waals surface area contributed by atoms with Crippen LogP contribution in [0.1, 0.15) is 36.9 Å². The number of piperidine rings is 1. The van der Waals surface area contributed by atoms with Crippen molar-refractivity contribution in [1.82, 2.24) is 30.2 Å². The Balaban J connectivity index is 1.32. The number of thiophene rings is 1. The summed E-state index contributed by atoms with van der Waals surface area (Å²) in [6.07, 6.45) is 2.65. The second-order valence-corrected chi connectivity index (χ2v) is 7.43. The number of carbonyl (C=O) groups excluding carboxylic acids is 1. The average Bonchev–Trinajstić information content (AvgIpc) is 3.42. The van der Waals surface area contributed by atoms with Crippen LogP contribution < -0.4 is 10.6 Å². The minimum atomic E-state index is -0.154. The van der Waals surface area contributed by atoms with Gasteiger partial charge in [0.15, 0.2) is 5.82 Å². The number of hydrogen-bond donors (Lipinski definition) is 2. The number of aryl methyl sites for hydroxylation is 2. The summed E-state index contributed by atoms with van der Waals surface area (Å²) in [5, 5.41) is 16.5. The maximum atomic E-state index is 12.3. The molecule has 3 aromatic rings. The van der Waals surface area contributed by atoms with Crippen molar-refractivity contribution in [3.05, 3.63) is 29.2 Å². The van der Waals surface area contributed by atoms with Crippen LogP contribution in [0, 0.1) is 0 Å². The molecule has 142 valence electrons. The molecule has 1 aliphatic rings. The Bertz CT molecular complexity index is 896. The molecule has 0 unspecified atom stereocenters. The van der Waals surface area contributed by atoms with E-state index in [0.29, 0.717) is 30.0 Å². The van der Waals surface area contributed by atoms with Crippen LogP contribution in [-0.4, -0.2) is 43.9 Å². The number of aromatic nitrogens is 5. The molecule has 3 aromatic heterocycles. The predicted molar refractivity (Wildman–Crippen MR) is 100 cm³/mol. The summed E-state index contributed by atoms with van der Waals surface area (Å²) in [7, 11) is 1.79. The van der Waals surface area contributed by atoms with Gasteiger partial charge in [0.25, 0.3) is 0 Å². The molecule has 0 aliphatic carbocycles. The zero-order valence-electron chi connectivity index (χ0n) is 15.0. The summed E-state index contributed by atoms with van der Waals surface area (Å²) in [6, 6.07) is 3.86. The lowest BCUT2D eigenvalue weighted by Gasteiger charge is -2.19. The van der Waals surface area contributed by atoms with Crippen molar-refractivity contribution < 1.29 is 9.32 Å². The first-order valence-electron chi connectivity index (χ1n) is 8.97. The van der Waals surface area contributed by atoms with E-state index < -0.39 is 0 Å². The number of nitrogens with zero attached hydrogens (tertiary/aromatic N) is 5. The Morgan fingerprint density at radius 2 is 2.26 bits per heavy atom. The molecule has 27 heavy (non-hydrogen) atoms. The van der Waals surface area contributed by atoms with Gasteiger partial charge in [0, 0.05) is 25.8 Å². The van der Waals surface area contributed by atoms with Crippen LogP contribution >= 0.6 is 11.3 Å². The van der Waals surface area contributed by atoms with E-state index in [0.717, 1.165) is 36.6 Å². The highest BCUT2D eigenvalue weighted by atomic mass is 32.1. The molecular weight excluding hydrogens is 366 g/mol. The molecule has 1 aliphatic heterocycles. The maximum Gasteiger partial charge on any atom is 0.227 e. The van der Waals surface area contributed by atoms with Crippen LogP contribution in [0.15, 0.2) is 22.0 Å². The minimum absolute atomic E-state index is 0.154. The van der Waals surface area contributed by atoms with E-state index in [2.05, 4.69) is 30.9 Å². The second kappa shape index (κ2) is 7.97. The summed E-state index contributed by atoms with van der Waals surface area (Å²) < 4.78 is 6.84. The molecule has 0 bridgehead atoms. The van der Waals surface area contributed by atoms with Crippen molar-refractivity contribution in [2.75, 3.05) is 18.4 Å². The normalized spacial score (nSPS) is 15.1. The Morgan fingerprint density at radius 1 is 1.41 bits per heavy atom. The maximum absolute atomic E-state index is 12.3. The Hall–Kier alpha value is -2.59. The molecule has 1 fully saturated rings. The first-order valence-corrected chi connectivity index (χ1v) is 9.85. The number of hydrogen-bond acceptors (Lipinski definition) is 8. The van der Waals surface area contributed by atoms with Crippen molar-refractivity contribution in [3.8, 4) is 10.7 Å². The fraction of sp³-hybridized carbons (Fsp3) is 0.471. The third-order valence-electron chi connectivity index (χ3n) is 4.51. The van der Waals surface area contributed by atoms with Crippen molar-refractivity contribution >= 4 is 23.2 Å². The van der Waals surface area contributed by atoms with Crippen LogP contribution in [0.25, 0.3) is 10.7 Å². The molecule has 2 N–H and O–H groups in total. The quantitative estimate of drug-likeness (QED) is 0.665. The van der Waals surface area contributed by atoms with Gasteiger partial charge in [-0.25, -0.2) is 4.68 Å². The number of nitrogens with one attached hydrogen (secondary N) is 2. The lowest BCUT2D eigenvalue weighted by atomic mass is 9.98. The van der Waals surface area contributed by atoms with E-state index in [4.69, 9.17) is 4.52 Å². The molecular formula is C17H21N7O2S. The third kappa shape index (κ3) is 4.22. The van der Waals surface area contributed by atoms with Crippen LogP contribution in [-0.2, 0) is 18.3 Å². The standard InChI is InChI=1S/C17H21N7O2S/c1-24-17(21-15(22-24)11-6-8-18-9-7-11)19-13(25)4-5-14-20-16(23-26-14)12-3-2-10-27-12/h2-3,10-11,18H,4-9H2,1H3,(H,19,21,22,25). The van der Waals surface area contributed by atoms with Gasteiger partial charge in [-0.1, -0.05) is 11.2 Å². The number of rotatable bonds is 6. The second-order valence-electron chi connectivity index (χ2n) is 6.48. The first kappa shape index (κ1) is 17.8. The van der Waals surface area contributed by atoms with Gasteiger partial charge in [-0.2, -0.15) is 15.1 Å². The van der Waals surface area contributed by atoms with Gasteiger partial charge in [-0.05, 0) is 37.4 Å². The van der Waals surface area contributed by atoms with Gasteiger partial charge in [-0.15, -0.1) is 11.3 Å². The highest BCUT2D eigenvalue weighted by Crippen LogP contribution is 2.23. The lowest BCUT2D eigenvalue weighted by Crippen LogP contribution is -2.27. The SMILES string of the molecule is Cn1nc(C2CCNCC2)nc1NC(=O)CCc1nc(-c2cccs2)no1. The van der Waals surface area contributed by atoms with E-state index in [1.54, 1.807) is 23.1 Å². The smallest absolute Gasteiger partial charge is 0.227 e. The van der Waals surface area contributed by atoms with Crippen molar-refractivity contribution in [2.24, 2.45) is 7.05 Å². The highest BCUT2D eigenvalue weighted by molar-refractivity contribution is 7.13. The number of anilines is 1. The van der Waals surface area contributed by atoms with Gasteiger partial charge in [0.2, 0.25) is 23.6 Å². The minimum Gasteiger partial charge on any atom is -0.339 e. The van der Waals surface area contributed by atoms with Gasteiger partial charge in [0.1, 0.15) is 0 Å². The largest absolute Gasteiger partial charge is 0.339 e. The van der Waals surface area contributed by atoms with Crippen LogP contribution in [0.3, 0.4) is 0 Å². The molecule has 9 nitrogen and oxygen atoms in total. The Morgan fingerprint density at radius 3 is 3.04 bits per heavy atom. The van der Waals surface area contributed by atoms with Gasteiger partial charge in [-0.3, -0.25) is 10.1 Å². The van der Waals surface area contributed by atoms with E-state index >= 15 is 0 Å². The van der Waals surface area contributed by atoms with Crippen molar-refractivity contribution in [3.63, 3.8) is 0 Å². The molecule has 1 amide bonds. The van der Waals surface area contributed by atoms with E-state index in [1.807, 2.05) is 17.5 Å². The molecule has 0 atom stereocenters. The van der Waals surface area contributed by atoms with Crippen LogP contribution in [0.2, 0.25) is 0 Å². The fourth-order valence-corrected chi connectivity index (χ4v) is 3.69.